The van der Waals surface area contributed by atoms with Gasteiger partial charge in [-0.25, -0.2) is 4.98 Å². The molecule has 0 radical (unpaired) electrons. The molecule has 4 rings (SSSR count). The highest BCUT2D eigenvalue weighted by atomic mass is 16.5. The maximum Gasteiger partial charge on any atom is 0.257 e. The number of aromatic nitrogens is 3. The molecule has 2 amide bonds. The maximum absolute atomic E-state index is 12.6. The first-order valence-electron chi connectivity index (χ1n) is 10.4. The second-order valence-electron chi connectivity index (χ2n) is 8.01. The molecule has 0 bridgehead atoms. The van der Waals surface area contributed by atoms with Crippen LogP contribution in [0.3, 0.4) is 0 Å². The number of amides is 2. The smallest absolute Gasteiger partial charge is 0.257 e. The van der Waals surface area contributed by atoms with Crippen molar-refractivity contribution >= 4 is 22.8 Å². The van der Waals surface area contributed by atoms with Gasteiger partial charge in [0.2, 0.25) is 5.91 Å². The molecule has 30 heavy (non-hydrogen) atoms. The summed E-state index contributed by atoms with van der Waals surface area (Å²) in [5.41, 5.74) is 3.09. The van der Waals surface area contributed by atoms with E-state index in [1.54, 1.807) is 13.8 Å². The fraction of sp³-hybridized carbons (Fsp3) is 0.455. The van der Waals surface area contributed by atoms with Gasteiger partial charge in [0.1, 0.15) is 17.1 Å². The minimum absolute atomic E-state index is 0.0353. The lowest BCUT2D eigenvalue weighted by Crippen LogP contribution is -2.41. The van der Waals surface area contributed by atoms with Gasteiger partial charge in [0, 0.05) is 19.0 Å². The minimum atomic E-state index is -0.152. The van der Waals surface area contributed by atoms with Gasteiger partial charge in [0.15, 0.2) is 0 Å². The van der Waals surface area contributed by atoms with Crippen molar-refractivity contribution in [2.45, 2.75) is 52.1 Å². The summed E-state index contributed by atoms with van der Waals surface area (Å²) in [6.45, 7) is 3.91. The quantitative estimate of drug-likeness (QED) is 0.675. The molecule has 0 spiro atoms. The summed E-state index contributed by atoms with van der Waals surface area (Å²) < 4.78 is 7.09. The van der Waals surface area contributed by atoms with Crippen molar-refractivity contribution < 1.29 is 14.1 Å². The minimum Gasteiger partial charge on any atom is -0.361 e. The average molecular weight is 409 g/mol. The van der Waals surface area contributed by atoms with Crippen molar-refractivity contribution in [2.24, 2.45) is 13.0 Å². The summed E-state index contributed by atoms with van der Waals surface area (Å²) in [6, 6.07) is 8.00. The summed E-state index contributed by atoms with van der Waals surface area (Å²) in [7, 11) is 1.96. The van der Waals surface area contributed by atoms with Gasteiger partial charge in [-0.3, -0.25) is 9.59 Å². The third-order valence-corrected chi connectivity index (χ3v) is 5.99. The van der Waals surface area contributed by atoms with Crippen molar-refractivity contribution in [3.05, 3.63) is 47.1 Å². The normalized spacial score (nSPS) is 19.0. The first-order chi connectivity index (χ1) is 14.4. The van der Waals surface area contributed by atoms with E-state index in [0.717, 1.165) is 42.5 Å². The van der Waals surface area contributed by atoms with Gasteiger partial charge in [-0.1, -0.05) is 17.3 Å². The van der Waals surface area contributed by atoms with Crippen LogP contribution in [0.1, 0.15) is 53.3 Å². The molecule has 8 nitrogen and oxygen atoms in total. The van der Waals surface area contributed by atoms with E-state index in [2.05, 4.69) is 20.8 Å². The Morgan fingerprint density at radius 3 is 2.57 bits per heavy atom. The zero-order valence-corrected chi connectivity index (χ0v) is 17.6. The lowest BCUT2D eigenvalue weighted by atomic mass is 9.85. The van der Waals surface area contributed by atoms with Gasteiger partial charge in [0.05, 0.1) is 23.3 Å². The van der Waals surface area contributed by atoms with Crippen LogP contribution >= 0.6 is 0 Å². The number of benzene rings is 1. The van der Waals surface area contributed by atoms with E-state index in [4.69, 9.17) is 4.52 Å². The Balaban J connectivity index is 1.28. The summed E-state index contributed by atoms with van der Waals surface area (Å²) >= 11 is 0. The van der Waals surface area contributed by atoms with Crippen LogP contribution in [0.25, 0.3) is 11.0 Å². The number of para-hydroxylation sites is 2. The third kappa shape index (κ3) is 3.94. The lowest BCUT2D eigenvalue weighted by Gasteiger charge is -2.28. The SMILES string of the molecule is Cc1noc(C)c1C(=O)NC1CCC(C(=O)NCc2nc3ccccc3n2C)CC1. The number of aryl methyl sites for hydroxylation is 3. The average Bonchev–Trinajstić information content (AvgIpc) is 3.25. The van der Waals surface area contributed by atoms with Crippen LogP contribution in [0.15, 0.2) is 28.8 Å². The lowest BCUT2D eigenvalue weighted by molar-refractivity contribution is -0.126. The summed E-state index contributed by atoms with van der Waals surface area (Å²) in [4.78, 5) is 29.7. The van der Waals surface area contributed by atoms with Crippen molar-refractivity contribution in [3.8, 4) is 0 Å². The van der Waals surface area contributed by atoms with Gasteiger partial charge < -0.3 is 19.7 Å². The highest BCUT2D eigenvalue weighted by molar-refractivity contribution is 5.96. The van der Waals surface area contributed by atoms with Crippen LogP contribution in [0.2, 0.25) is 0 Å². The Bertz CT molecular complexity index is 1060. The Morgan fingerprint density at radius 1 is 1.17 bits per heavy atom. The van der Waals surface area contributed by atoms with E-state index in [-0.39, 0.29) is 23.8 Å². The van der Waals surface area contributed by atoms with E-state index in [0.29, 0.717) is 23.6 Å². The van der Waals surface area contributed by atoms with Gasteiger partial charge in [-0.2, -0.15) is 0 Å². The largest absolute Gasteiger partial charge is 0.361 e. The second-order valence-corrected chi connectivity index (χ2v) is 8.01. The van der Waals surface area contributed by atoms with Crippen LogP contribution < -0.4 is 10.6 Å². The molecule has 0 unspecified atom stereocenters. The van der Waals surface area contributed by atoms with Gasteiger partial charge in [0.25, 0.3) is 5.91 Å². The van der Waals surface area contributed by atoms with Crippen LogP contribution in [-0.4, -0.2) is 32.6 Å². The first-order valence-corrected chi connectivity index (χ1v) is 10.4. The fourth-order valence-corrected chi connectivity index (χ4v) is 4.23. The molecule has 2 aromatic heterocycles. The van der Waals surface area contributed by atoms with Gasteiger partial charge in [-0.15, -0.1) is 0 Å². The molecule has 1 aliphatic carbocycles. The zero-order chi connectivity index (χ0) is 21.3. The van der Waals surface area contributed by atoms with E-state index in [1.807, 2.05) is 35.9 Å². The number of hydrogen-bond donors (Lipinski definition) is 2. The molecule has 158 valence electrons. The van der Waals surface area contributed by atoms with E-state index < -0.39 is 0 Å². The molecule has 1 aliphatic rings. The molecular weight excluding hydrogens is 382 g/mol. The van der Waals surface area contributed by atoms with Crippen molar-refractivity contribution in [3.63, 3.8) is 0 Å². The number of nitrogens with one attached hydrogen (secondary N) is 2. The predicted molar refractivity (Wildman–Crippen MR) is 112 cm³/mol. The first kappa shape index (κ1) is 20.1. The highest BCUT2D eigenvalue weighted by Gasteiger charge is 2.28. The van der Waals surface area contributed by atoms with Crippen molar-refractivity contribution in [1.82, 2.24) is 25.3 Å². The number of rotatable bonds is 5. The Labute approximate surface area is 175 Å². The zero-order valence-electron chi connectivity index (χ0n) is 17.6. The summed E-state index contributed by atoms with van der Waals surface area (Å²) in [5.74, 6) is 1.23. The monoisotopic (exact) mass is 409 g/mol. The summed E-state index contributed by atoms with van der Waals surface area (Å²) in [5, 5.41) is 9.93. The van der Waals surface area contributed by atoms with Crippen molar-refractivity contribution in [1.29, 1.82) is 0 Å². The number of nitrogens with zero attached hydrogens (tertiary/aromatic N) is 3. The highest BCUT2D eigenvalue weighted by Crippen LogP contribution is 2.25. The van der Waals surface area contributed by atoms with E-state index in [1.165, 1.54) is 0 Å². The standard InChI is InChI=1S/C22H27N5O3/c1-13-20(14(2)30-26-13)22(29)24-16-10-8-15(9-11-16)21(28)23-12-19-25-17-6-4-5-7-18(17)27(19)3/h4-7,15-16H,8-12H2,1-3H3,(H,23,28)(H,24,29). The topological polar surface area (TPSA) is 102 Å². The molecular formula is C22H27N5O3. The Hall–Kier alpha value is -3.16. The number of fused-ring (bicyclic) bond motifs is 1. The molecule has 0 saturated heterocycles. The van der Waals surface area contributed by atoms with Crippen LogP contribution in [0.5, 0.6) is 0 Å². The molecule has 0 atom stereocenters. The van der Waals surface area contributed by atoms with Crippen LogP contribution in [0.4, 0.5) is 0 Å². The third-order valence-electron chi connectivity index (χ3n) is 5.99. The van der Waals surface area contributed by atoms with Gasteiger partial charge >= 0.3 is 0 Å². The number of imidazole rings is 1. The van der Waals surface area contributed by atoms with Crippen LogP contribution in [0, 0.1) is 19.8 Å². The van der Waals surface area contributed by atoms with Crippen LogP contribution in [-0.2, 0) is 18.4 Å². The molecule has 1 fully saturated rings. The molecule has 3 aromatic rings. The molecule has 2 N–H and O–H groups in total. The molecule has 8 heteroatoms. The molecule has 1 aromatic carbocycles. The number of carbonyl (C=O) groups excluding carboxylic acids is 2. The van der Waals surface area contributed by atoms with Gasteiger partial charge in [-0.05, 0) is 51.7 Å². The van der Waals surface area contributed by atoms with E-state index in [9.17, 15) is 9.59 Å². The molecule has 0 aliphatic heterocycles. The van der Waals surface area contributed by atoms with Crippen molar-refractivity contribution in [2.75, 3.05) is 0 Å². The Kier molecular flexibility index (Phi) is 5.57. The second kappa shape index (κ2) is 8.30. The number of hydrogen-bond acceptors (Lipinski definition) is 5. The molecule has 1 saturated carbocycles. The van der Waals surface area contributed by atoms with E-state index >= 15 is 0 Å². The Morgan fingerprint density at radius 2 is 1.90 bits per heavy atom. The predicted octanol–water partition coefficient (Wildman–Crippen LogP) is 2.78. The number of carbonyl (C=O) groups is 2. The summed E-state index contributed by atoms with van der Waals surface area (Å²) in [6.07, 6.45) is 3.06. The maximum atomic E-state index is 12.6. The molecule has 2 heterocycles. The fourth-order valence-electron chi connectivity index (χ4n) is 4.23.